The van der Waals surface area contributed by atoms with E-state index in [0.717, 1.165) is 0 Å². The number of hydrogen-bond donors (Lipinski definition) is 2. The molecule has 3 N–H and O–H groups in total. The minimum Gasteiger partial charge on any atom is -0.478 e. The molecule has 1 aromatic carbocycles. The quantitative estimate of drug-likeness (QED) is 0.805. The molecular weight excluding hydrogens is 372 g/mol. The second-order valence-corrected chi connectivity index (χ2v) is 6.77. The van der Waals surface area contributed by atoms with Gasteiger partial charge in [-0.3, -0.25) is 4.79 Å². The number of amides is 1. The van der Waals surface area contributed by atoms with Crippen molar-refractivity contribution in [3.8, 4) is 5.75 Å². The van der Waals surface area contributed by atoms with Gasteiger partial charge in [-0.25, -0.2) is 13.6 Å². The van der Waals surface area contributed by atoms with Gasteiger partial charge in [-0.1, -0.05) is 27.5 Å². The highest BCUT2D eigenvalue weighted by atomic mass is 79.9. The summed E-state index contributed by atoms with van der Waals surface area (Å²) in [4.78, 5) is 11.3. The molecule has 0 fully saturated rings. The van der Waals surface area contributed by atoms with Gasteiger partial charge in [0.05, 0.1) is 5.02 Å². The van der Waals surface area contributed by atoms with Crippen molar-refractivity contribution in [2.75, 3.05) is 6.54 Å². The molecule has 0 aliphatic heterocycles. The molecule has 0 heterocycles. The third-order valence-electron chi connectivity index (χ3n) is 2.30. The van der Waals surface area contributed by atoms with Crippen LogP contribution in [-0.2, 0) is 14.8 Å². The summed E-state index contributed by atoms with van der Waals surface area (Å²) >= 11 is 9.08. The lowest BCUT2D eigenvalue weighted by Crippen LogP contribution is -2.36. The van der Waals surface area contributed by atoms with Crippen molar-refractivity contribution in [3.05, 3.63) is 21.6 Å². The molecule has 0 saturated heterocycles. The normalized spacial score (nSPS) is 12.8. The van der Waals surface area contributed by atoms with Gasteiger partial charge in [-0.15, -0.1) is 0 Å². The van der Waals surface area contributed by atoms with Crippen molar-refractivity contribution in [1.29, 1.82) is 0 Å². The molecule has 1 amide bonds. The van der Waals surface area contributed by atoms with E-state index in [1.807, 2.05) is 0 Å². The second-order valence-electron chi connectivity index (χ2n) is 3.91. The molecule has 0 aliphatic carbocycles. The maximum absolute atomic E-state index is 11.6. The van der Waals surface area contributed by atoms with Crippen LogP contribution < -0.4 is 15.2 Å². The van der Waals surface area contributed by atoms with Crippen molar-refractivity contribution in [3.63, 3.8) is 0 Å². The molecule has 9 heteroatoms. The number of benzene rings is 1. The lowest BCUT2D eigenvalue weighted by atomic mass is 10.3. The number of nitrogens with one attached hydrogen (secondary N) is 1. The van der Waals surface area contributed by atoms with Crippen LogP contribution in [0.1, 0.15) is 13.8 Å². The van der Waals surface area contributed by atoms with Crippen LogP contribution in [0, 0.1) is 0 Å². The van der Waals surface area contributed by atoms with E-state index in [-0.39, 0.29) is 21.6 Å². The van der Waals surface area contributed by atoms with Crippen LogP contribution in [0.4, 0.5) is 0 Å². The van der Waals surface area contributed by atoms with E-state index in [0.29, 0.717) is 11.0 Å². The molecule has 1 aromatic rings. The Morgan fingerprint density at radius 3 is 2.65 bits per heavy atom. The number of primary sulfonamides is 1. The highest BCUT2D eigenvalue weighted by Gasteiger charge is 2.23. The van der Waals surface area contributed by atoms with E-state index in [1.165, 1.54) is 19.1 Å². The first kappa shape index (κ1) is 17.2. The van der Waals surface area contributed by atoms with Gasteiger partial charge in [0.15, 0.2) is 11.9 Å². The van der Waals surface area contributed by atoms with Gasteiger partial charge < -0.3 is 10.1 Å². The van der Waals surface area contributed by atoms with Crippen LogP contribution >= 0.6 is 27.5 Å². The Morgan fingerprint density at radius 1 is 1.55 bits per heavy atom. The van der Waals surface area contributed by atoms with E-state index in [9.17, 15) is 13.2 Å². The minimum atomic E-state index is -4.03. The number of nitrogens with two attached hydrogens (primary N) is 1. The third kappa shape index (κ3) is 4.34. The number of halogens is 2. The topological polar surface area (TPSA) is 98.5 Å². The lowest BCUT2D eigenvalue weighted by molar-refractivity contribution is -0.127. The van der Waals surface area contributed by atoms with E-state index < -0.39 is 16.1 Å². The minimum absolute atomic E-state index is 0.0412. The van der Waals surface area contributed by atoms with Crippen molar-refractivity contribution in [1.82, 2.24) is 5.32 Å². The van der Waals surface area contributed by atoms with Crippen LogP contribution in [-0.4, -0.2) is 27.0 Å². The Balaban J connectivity index is 3.21. The molecule has 0 aromatic heterocycles. The largest absolute Gasteiger partial charge is 0.478 e. The predicted molar refractivity (Wildman–Crippen MR) is 79.3 cm³/mol. The highest BCUT2D eigenvalue weighted by Crippen LogP contribution is 2.35. The molecule has 1 rings (SSSR count). The summed E-state index contributed by atoms with van der Waals surface area (Å²) in [6.45, 7) is 3.67. The fourth-order valence-electron chi connectivity index (χ4n) is 1.41. The second kappa shape index (κ2) is 6.75. The summed E-state index contributed by atoms with van der Waals surface area (Å²) < 4.78 is 28.9. The Hall–Kier alpha value is -0.830. The summed E-state index contributed by atoms with van der Waals surface area (Å²) in [5.74, 6) is -0.525. The molecule has 6 nitrogen and oxygen atoms in total. The Bertz CT molecular complexity index is 621. The Morgan fingerprint density at radius 2 is 2.15 bits per heavy atom. The first-order valence-corrected chi connectivity index (χ1v) is 8.34. The van der Waals surface area contributed by atoms with Crippen LogP contribution in [0.5, 0.6) is 5.75 Å². The van der Waals surface area contributed by atoms with Gasteiger partial charge in [-0.2, -0.15) is 0 Å². The van der Waals surface area contributed by atoms with Gasteiger partial charge in [0.2, 0.25) is 10.0 Å². The summed E-state index contributed by atoms with van der Waals surface area (Å²) in [5, 5.41) is 7.72. The van der Waals surface area contributed by atoms with Gasteiger partial charge in [0.25, 0.3) is 5.91 Å². The predicted octanol–water partition coefficient (Wildman–Crippen LogP) is 1.65. The van der Waals surface area contributed by atoms with E-state index in [2.05, 4.69) is 21.2 Å². The standard InChI is InChI=1S/C11H14BrClN2O4S/c1-3-15-11(16)6(2)19-10-8(13)4-7(12)5-9(10)20(14,17)18/h4-6H,3H2,1-2H3,(H,15,16)(H2,14,17,18). The summed E-state index contributed by atoms with van der Waals surface area (Å²) in [6.07, 6.45) is -0.908. The molecular formula is C11H14BrClN2O4S. The molecule has 0 saturated carbocycles. The number of likely N-dealkylation sites (N-methyl/N-ethyl adjacent to an activating group) is 1. The van der Waals surface area contributed by atoms with E-state index >= 15 is 0 Å². The van der Waals surface area contributed by atoms with Gasteiger partial charge in [0, 0.05) is 11.0 Å². The molecule has 0 aliphatic rings. The number of sulfonamides is 1. The molecule has 112 valence electrons. The SMILES string of the molecule is CCNC(=O)C(C)Oc1c(Cl)cc(Br)cc1S(N)(=O)=O. The lowest BCUT2D eigenvalue weighted by Gasteiger charge is -2.17. The van der Waals surface area contributed by atoms with E-state index in [4.69, 9.17) is 21.5 Å². The first-order valence-electron chi connectivity index (χ1n) is 5.63. The van der Waals surface area contributed by atoms with Crippen LogP contribution in [0.3, 0.4) is 0 Å². The van der Waals surface area contributed by atoms with Gasteiger partial charge >= 0.3 is 0 Å². The number of ether oxygens (including phenoxy) is 1. The van der Waals surface area contributed by atoms with Crippen LogP contribution in [0.2, 0.25) is 5.02 Å². The van der Waals surface area contributed by atoms with Gasteiger partial charge in [-0.05, 0) is 26.0 Å². The zero-order valence-electron chi connectivity index (χ0n) is 10.8. The maximum Gasteiger partial charge on any atom is 0.260 e. The van der Waals surface area contributed by atoms with Crippen molar-refractivity contribution < 1.29 is 17.9 Å². The fourth-order valence-corrected chi connectivity index (χ4v) is 3.18. The summed E-state index contributed by atoms with van der Waals surface area (Å²) in [6, 6.07) is 2.72. The molecule has 0 spiro atoms. The summed E-state index contributed by atoms with van der Waals surface area (Å²) in [7, 11) is -4.03. The third-order valence-corrected chi connectivity index (χ3v) is 3.95. The molecule has 1 atom stereocenters. The zero-order valence-corrected chi connectivity index (χ0v) is 14.0. The number of rotatable bonds is 5. The van der Waals surface area contributed by atoms with Crippen LogP contribution in [0.25, 0.3) is 0 Å². The number of carbonyl (C=O) groups excluding carboxylic acids is 1. The molecule has 0 radical (unpaired) electrons. The number of carbonyl (C=O) groups is 1. The molecule has 20 heavy (non-hydrogen) atoms. The molecule has 0 bridgehead atoms. The smallest absolute Gasteiger partial charge is 0.260 e. The Kier molecular flexibility index (Phi) is 5.81. The number of hydrogen-bond acceptors (Lipinski definition) is 4. The maximum atomic E-state index is 11.6. The average molecular weight is 386 g/mol. The van der Waals surface area contributed by atoms with Crippen molar-refractivity contribution in [2.24, 2.45) is 5.14 Å². The monoisotopic (exact) mass is 384 g/mol. The zero-order chi connectivity index (χ0) is 15.5. The fraction of sp³-hybridized carbons (Fsp3) is 0.364. The Labute approximate surface area is 130 Å². The first-order chi connectivity index (χ1) is 9.16. The van der Waals surface area contributed by atoms with Gasteiger partial charge in [0.1, 0.15) is 4.90 Å². The average Bonchev–Trinajstić information content (AvgIpc) is 2.31. The van der Waals surface area contributed by atoms with Crippen molar-refractivity contribution in [2.45, 2.75) is 24.8 Å². The highest BCUT2D eigenvalue weighted by molar-refractivity contribution is 9.10. The van der Waals surface area contributed by atoms with Crippen LogP contribution in [0.15, 0.2) is 21.5 Å². The summed E-state index contributed by atoms with van der Waals surface area (Å²) in [5.41, 5.74) is 0. The molecule has 1 unspecified atom stereocenters. The van der Waals surface area contributed by atoms with Crippen molar-refractivity contribution >= 4 is 43.5 Å². The van der Waals surface area contributed by atoms with E-state index in [1.54, 1.807) is 6.92 Å².